The van der Waals surface area contributed by atoms with Crippen LogP contribution in [0.3, 0.4) is 0 Å². The van der Waals surface area contributed by atoms with E-state index in [2.05, 4.69) is 26.8 Å². The molecule has 0 N–H and O–H groups in total. The second-order valence-electron chi connectivity index (χ2n) is 0. The molecule has 0 amide bonds. The molecule has 0 aliphatic heterocycles. The second-order valence-corrected chi connectivity index (χ2v) is 0. The Morgan fingerprint density at radius 1 is 0.800 bits per heavy atom. The highest BCUT2D eigenvalue weighted by molar-refractivity contribution is 7.59. The van der Waals surface area contributed by atoms with Crippen LogP contribution in [0.2, 0.25) is 0 Å². The molecule has 0 rings (SSSR count). The van der Waals surface area contributed by atoms with Gasteiger partial charge in [0.05, 0.1) is 2.25 Å². The van der Waals surface area contributed by atoms with Gasteiger partial charge in [0.15, 0.2) is 0 Å². The number of hydrogen-bond acceptors (Lipinski definition) is 0. The Balaban J connectivity index is -0.00000000267. The minimum Gasteiger partial charge on any atom is -0.197 e. The van der Waals surface area contributed by atoms with Gasteiger partial charge in [0.2, 0.25) is 0 Å². The quantitative estimate of drug-likeness (QED) is 0.457. The first kappa shape index (κ1) is 17.3. The van der Waals surface area contributed by atoms with Crippen LogP contribution >= 0.6 is 26.8 Å². The van der Waals surface area contributed by atoms with Gasteiger partial charge in [-0.3, -0.25) is 0 Å². The third kappa shape index (κ3) is 69.9. The SMILES string of the molecule is C.C.C.[2H]S.[2H]S. The molecule has 5 heavy (non-hydrogen) atoms. The van der Waals surface area contributed by atoms with E-state index in [1.165, 1.54) is 0 Å². The summed E-state index contributed by atoms with van der Waals surface area (Å²) in [7, 11) is 0. The van der Waals surface area contributed by atoms with Crippen LogP contribution in [0.5, 0.6) is 0 Å². The fraction of sp³-hybridized carbons (Fsp3) is 1.00. The van der Waals surface area contributed by atoms with Gasteiger partial charge in [-0.2, -0.15) is 26.8 Å². The maximum absolute atomic E-state index is 5.44. The molecule has 0 aromatic carbocycles. The summed E-state index contributed by atoms with van der Waals surface area (Å²) in [6.07, 6.45) is 0. The third-order valence-corrected chi connectivity index (χ3v) is 0. The van der Waals surface area contributed by atoms with Gasteiger partial charge in [0.25, 0.3) is 0 Å². The second kappa shape index (κ2) is 131. The van der Waals surface area contributed by atoms with Crippen LogP contribution < -0.4 is 0 Å². The Morgan fingerprint density at radius 2 is 0.800 bits per heavy atom. The lowest BCUT2D eigenvalue weighted by Gasteiger charge is -0.198. The highest BCUT2D eigenvalue weighted by Gasteiger charge is -0.0755. The lowest BCUT2D eigenvalue weighted by atomic mass is 12.0. The zero-order valence-electron chi connectivity index (χ0n) is 2.89. The molecule has 0 aromatic rings. The summed E-state index contributed by atoms with van der Waals surface area (Å²) in [5.74, 6) is 0. The first-order chi connectivity index (χ1) is 2.00. The van der Waals surface area contributed by atoms with Crippen molar-refractivity contribution in [3.05, 3.63) is 0 Å². The van der Waals surface area contributed by atoms with E-state index in [0.717, 1.165) is 0 Å². The molecule has 0 saturated heterocycles. The monoisotopic (exact) mass is 118 g/mol. The molecule has 0 aromatic heterocycles. The Kier molecular flexibility index (Phi) is 454. The summed E-state index contributed by atoms with van der Waals surface area (Å²) in [4.78, 5) is 0. The summed E-state index contributed by atoms with van der Waals surface area (Å²) < 4.78 is 10.9. The minimum absolute atomic E-state index is 0. The molecular weight excluding hydrogens is 100 g/mol. The Labute approximate surface area is 52.0 Å². The molecule has 0 unspecified atom stereocenters. The zero-order chi connectivity index (χ0) is 4.00. The Bertz CT molecular complexity index is 10.9. The van der Waals surface area contributed by atoms with Gasteiger partial charge in [-0.25, -0.2) is 0 Å². The molecule has 0 bridgehead atoms. The van der Waals surface area contributed by atoms with Gasteiger partial charge in [-0.05, 0) is 0 Å². The van der Waals surface area contributed by atoms with E-state index in [0.29, 0.717) is 0 Å². The van der Waals surface area contributed by atoms with Gasteiger partial charge < -0.3 is 0 Å². The van der Waals surface area contributed by atoms with Gasteiger partial charge in [-0.1, -0.05) is 22.3 Å². The third-order valence-electron chi connectivity index (χ3n) is 0. The molecule has 40 valence electrons. The normalized spacial score (nSPS) is 2.80. The van der Waals surface area contributed by atoms with E-state index in [1.54, 1.807) is 0 Å². The van der Waals surface area contributed by atoms with Crippen LogP contribution in [0.25, 0.3) is 0 Å². The minimum atomic E-state index is 0. The Morgan fingerprint density at radius 3 is 0.800 bits per heavy atom. The summed E-state index contributed by atoms with van der Waals surface area (Å²) in [6.45, 7) is 0. The van der Waals surface area contributed by atoms with Gasteiger partial charge in [0, 0.05) is 0 Å². The molecule has 0 aliphatic rings. The molecular formula is C3H16S2. The number of hydrogen-bond donors (Lipinski definition) is 0. The maximum atomic E-state index is 5.44. The molecule has 0 radical (unpaired) electrons. The maximum Gasteiger partial charge on any atom is 0.0985 e. The lowest BCUT2D eigenvalue weighted by molar-refractivity contribution is 2.50. The van der Waals surface area contributed by atoms with Crippen molar-refractivity contribution in [1.82, 2.24) is 0 Å². The van der Waals surface area contributed by atoms with E-state index in [9.17, 15) is 0 Å². The van der Waals surface area contributed by atoms with Crippen LogP contribution in [-0.2, 0) is 0 Å². The molecule has 0 spiro atoms. The smallest absolute Gasteiger partial charge is 0.0985 e. The molecule has 0 nitrogen and oxygen atoms in total. The predicted molar refractivity (Wildman–Crippen MR) is 41.0 cm³/mol. The van der Waals surface area contributed by atoms with Crippen molar-refractivity contribution >= 4 is 26.8 Å². The first-order valence-corrected chi connectivity index (χ1v) is 0. The van der Waals surface area contributed by atoms with Crippen LogP contribution in [0.15, 0.2) is 0 Å². The molecule has 0 heterocycles. The van der Waals surface area contributed by atoms with E-state index < -0.39 is 0 Å². The Hall–Kier alpha value is 0.700. The average Bonchev–Trinajstić information content (AvgIpc) is 1.50. The van der Waals surface area contributed by atoms with Crippen molar-refractivity contribution in [3.8, 4) is 0 Å². The van der Waals surface area contributed by atoms with Crippen LogP contribution in [0, 0.1) is 0 Å². The van der Waals surface area contributed by atoms with E-state index in [1.807, 2.05) is 0 Å². The van der Waals surface area contributed by atoms with Crippen molar-refractivity contribution in [2.45, 2.75) is 22.3 Å². The first-order valence-electron chi connectivity index (χ1n) is 0.894. The predicted octanol–water partition coefficient (Wildman–Crippen LogP) is 2.13. The standard InChI is InChI=1S/3CH4.2H2S/h3*1H4;2*1H2/i/hD2. The van der Waals surface area contributed by atoms with Gasteiger partial charge in [-0.15, -0.1) is 0 Å². The largest absolute Gasteiger partial charge is 0.197 e. The average molecular weight is 118 g/mol. The zero-order valence-corrected chi connectivity index (χ0v) is 2.68. The van der Waals surface area contributed by atoms with Crippen molar-refractivity contribution in [1.29, 1.82) is 2.25 Å². The fourth-order valence-corrected chi connectivity index (χ4v) is 0. The van der Waals surface area contributed by atoms with Crippen molar-refractivity contribution in [3.63, 3.8) is 0 Å². The van der Waals surface area contributed by atoms with Crippen LogP contribution in [0.1, 0.15) is 22.3 Å². The van der Waals surface area contributed by atoms with E-state index in [4.69, 9.17) is 2.25 Å². The summed E-state index contributed by atoms with van der Waals surface area (Å²) in [5, 5.41) is 0. The van der Waals surface area contributed by atoms with Gasteiger partial charge in [0.1, 0.15) is 0 Å². The van der Waals surface area contributed by atoms with E-state index >= 15 is 0 Å². The summed E-state index contributed by atoms with van der Waals surface area (Å²) >= 11 is 5.56. The van der Waals surface area contributed by atoms with Crippen LogP contribution in [0.4, 0.5) is 0 Å². The van der Waals surface area contributed by atoms with Crippen molar-refractivity contribution in [2.75, 3.05) is 0 Å². The lowest BCUT2D eigenvalue weighted by Crippen LogP contribution is 0.143. The molecule has 0 fully saturated rings. The summed E-state index contributed by atoms with van der Waals surface area (Å²) in [6, 6.07) is 0. The van der Waals surface area contributed by atoms with E-state index in [-0.39, 0.29) is 22.3 Å². The number of rotatable bonds is 0. The molecule has 0 aliphatic carbocycles. The molecule has 0 atom stereocenters. The highest BCUT2D eigenvalue weighted by Crippen LogP contribution is 0.649. The van der Waals surface area contributed by atoms with Gasteiger partial charge >= 0.3 is 0 Å². The molecule has 0 saturated carbocycles. The highest BCUT2D eigenvalue weighted by atomic mass is 32.1. The van der Waals surface area contributed by atoms with Crippen molar-refractivity contribution < 1.29 is 0 Å². The topological polar surface area (TPSA) is 0 Å². The van der Waals surface area contributed by atoms with Crippen molar-refractivity contribution in [2.24, 2.45) is 0 Å². The summed E-state index contributed by atoms with van der Waals surface area (Å²) in [5.41, 5.74) is 0. The van der Waals surface area contributed by atoms with Crippen LogP contribution in [-0.4, -0.2) is 2.25 Å². The fourth-order valence-electron chi connectivity index (χ4n) is 0. The molecule has 2 heteroatoms.